The number of carbonyl (C=O) groups excluding carboxylic acids is 2. The Morgan fingerprint density at radius 1 is 1.27 bits per heavy atom. The molecule has 2 atom stereocenters. The maximum absolute atomic E-state index is 12.6. The predicted octanol–water partition coefficient (Wildman–Crippen LogP) is 1.58. The Bertz CT molecular complexity index is 949. The van der Waals surface area contributed by atoms with Crippen LogP contribution in [0.5, 0.6) is 5.75 Å². The number of methoxy groups -OCH3 is 1. The van der Waals surface area contributed by atoms with E-state index in [2.05, 4.69) is 22.2 Å². The number of hydrogen-bond donors (Lipinski definition) is 3. The molecule has 1 aliphatic heterocycles. The standard InChI is InChI=1S/C18H19N3O5/c1-4-26-17(23)14-9(2)19-18(24)21-15(14)12-8-10-7-11(25-3)5-6-13(10)20-16(12)22/h5-8,14-15H,2,4H2,1,3H3,(H,20,22)(H2,19,21,24)/t14-,15+/m0/s1. The Kier molecular flexibility index (Phi) is 4.66. The summed E-state index contributed by atoms with van der Waals surface area (Å²) in [5.74, 6) is -0.867. The molecule has 0 spiro atoms. The molecule has 0 unspecified atom stereocenters. The van der Waals surface area contributed by atoms with Gasteiger partial charge in [0.2, 0.25) is 0 Å². The number of esters is 1. The Morgan fingerprint density at radius 2 is 2.04 bits per heavy atom. The molecule has 1 aliphatic rings. The van der Waals surface area contributed by atoms with E-state index >= 15 is 0 Å². The topological polar surface area (TPSA) is 110 Å². The molecule has 1 saturated heterocycles. The lowest BCUT2D eigenvalue weighted by atomic mass is 9.89. The van der Waals surface area contributed by atoms with E-state index in [0.29, 0.717) is 16.7 Å². The Hall–Kier alpha value is -3.29. The minimum absolute atomic E-state index is 0.175. The molecule has 8 nitrogen and oxygen atoms in total. The molecule has 0 bridgehead atoms. The van der Waals surface area contributed by atoms with Crippen LogP contribution in [0.1, 0.15) is 18.5 Å². The van der Waals surface area contributed by atoms with Crippen LogP contribution in [0.2, 0.25) is 0 Å². The van der Waals surface area contributed by atoms with E-state index in [1.807, 2.05) is 0 Å². The van der Waals surface area contributed by atoms with Crippen LogP contribution < -0.4 is 20.9 Å². The molecule has 136 valence electrons. The fourth-order valence-electron chi connectivity index (χ4n) is 3.01. The molecule has 8 heteroatoms. The van der Waals surface area contributed by atoms with Crippen molar-refractivity contribution in [3.63, 3.8) is 0 Å². The highest BCUT2D eigenvalue weighted by atomic mass is 16.5. The number of benzene rings is 1. The van der Waals surface area contributed by atoms with Crippen molar-refractivity contribution in [1.29, 1.82) is 0 Å². The van der Waals surface area contributed by atoms with E-state index in [-0.39, 0.29) is 17.9 Å². The summed E-state index contributed by atoms with van der Waals surface area (Å²) < 4.78 is 10.3. The minimum Gasteiger partial charge on any atom is -0.497 e. The van der Waals surface area contributed by atoms with E-state index in [0.717, 1.165) is 0 Å². The van der Waals surface area contributed by atoms with Crippen LogP contribution in [0.3, 0.4) is 0 Å². The number of carbonyl (C=O) groups is 2. The van der Waals surface area contributed by atoms with Gasteiger partial charge in [0.15, 0.2) is 0 Å². The van der Waals surface area contributed by atoms with Gasteiger partial charge in [-0.3, -0.25) is 9.59 Å². The van der Waals surface area contributed by atoms with Crippen molar-refractivity contribution in [2.75, 3.05) is 13.7 Å². The van der Waals surface area contributed by atoms with Gasteiger partial charge in [-0.15, -0.1) is 0 Å². The molecule has 0 radical (unpaired) electrons. The van der Waals surface area contributed by atoms with Crippen LogP contribution in [-0.2, 0) is 9.53 Å². The number of pyridine rings is 1. The number of hydrogen-bond acceptors (Lipinski definition) is 5. The summed E-state index contributed by atoms with van der Waals surface area (Å²) in [6, 6.07) is 5.41. The third kappa shape index (κ3) is 3.13. The first-order valence-electron chi connectivity index (χ1n) is 8.08. The highest BCUT2D eigenvalue weighted by molar-refractivity contribution is 5.86. The molecule has 0 saturated carbocycles. The van der Waals surface area contributed by atoms with Crippen LogP contribution in [0, 0.1) is 5.92 Å². The van der Waals surface area contributed by atoms with Crippen LogP contribution in [0.25, 0.3) is 10.9 Å². The largest absolute Gasteiger partial charge is 0.497 e. The molecule has 2 heterocycles. The van der Waals surface area contributed by atoms with Crippen LogP contribution >= 0.6 is 0 Å². The number of urea groups is 1. The van der Waals surface area contributed by atoms with Crippen LogP contribution in [0.15, 0.2) is 41.3 Å². The third-order valence-electron chi connectivity index (χ3n) is 4.23. The zero-order valence-electron chi connectivity index (χ0n) is 14.4. The lowest BCUT2D eigenvalue weighted by Gasteiger charge is -2.32. The second-order valence-corrected chi connectivity index (χ2v) is 5.84. The molecule has 3 N–H and O–H groups in total. The first kappa shape index (κ1) is 17.5. The normalized spacial score (nSPS) is 19.6. The minimum atomic E-state index is -0.920. The van der Waals surface area contributed by atoms with Gasteiger partial charge in [-0.2, -0.15) is 0 Å². The lowest BCUT2D eigenvalue weighted by molar-refractivity contribution is -0.147. The summed E-state index contributed by atoms with van der Waals surface area (Å²) in [6.07, 6.45) is 0. The average molecular weight is 357 g/mol. The van der Waals surface area contributed by atoms with Gasteiger partial charge >= 0.3 is 12.0 Å². The van der Waals surface area contributed by atoms with Crippen molar-refractivity contribution in [3.8, 4) is 5.75 Å². The highest BCUT2D eigenvalue weighted by Crippen LogP contribution is 2.30. The maximum Gasteiger partial charge on any atom is 0.319 e. The monoisotopic (exact) mass is 357 g/mol. The van der Waals surface area contributed by atoms with Crippen molar-refractivity contribution in [2.24, 2.45) is 5.92 Å². The molecule has 2 aromatic rings. The Morgan fingerprint density at radius 3 is 2.73 bits per heavy atom. The zero-order valence-corrected chi connectivity index (χ0v) is 14.4. The van der Waals surface area contributed by atoms with Crippen LogP contribution in [0.4, 0.5) is 4.79 Å². The van der Waals surface area contributed by atoms with Gasteiger partial charge in [0.1, 0.15) is 11.7 Å². The summed E-state index contributed by atoms with van der Waals surface area (Å²) in [7, 11) is 1.54. The smallest absolute Gasteiger partial charge is 0.319 e. The van der Waals surface area contributed by atoms with Crippen molar-refractivity contribution < 1.29 is 19.1 Å². The van der Waals surface area contributed by atoms with Crippen molar-refractivity contribution in [3.05, 3.63) is 52.5 Å². The number of nitrogens with one attached hydrogen (secondary N) is 3. The first-order valence-corrected chi connectivity index (χ1v) is 8.08. The molecular formula is C18H19N3O5. The van der Waals surface area contributed by atoms with E-state index in [1.165, 1.54) is 0 Å². The SMILES string of the molecule is C=C1NC(=O)N[C@H](c2cc3cc(OC)ccc3[nH]c2=O)[C@H]1C(=O)OCC. The first-order chi connectivity index (χ1) is 12.4. The van der Waals surface area contributed by atoms with Gasteiger partial charge in [0.05, 0.1) is 19.8 Å². The second kappa shape index (κ2) is 6.91. The molecule has 1 fully saturated rings. The average Bonchev–Trinajstić information content (AvgIpc) is 2.60. The van der Waals surface area contributed by atoms with E-state index in [4.69, 9.17) is 9.47 Å². The summed E-state index contributed by atoms with van der Waals surface area (Å²) in [4.78, 5) is 39.6. The van der Waals surface area contributed by atoms with Crippen molar-refractivity contribution in [1.82, 2.24) is 15.6 Å². The predicted molar refractivity (Wildman–Crippen MR) is 94.8 cm³/mol. The van der Waals surface area contributed by atoms with Gasteiger partial charge in [-0.05, 0) is 31.2 Å². The molecule has 0 aliphatic carbocycles. The van der Waals surface area contributed by atoms with Crippen molar-refractivity contribution >= 4 is 22.9 Å². The summed E-state index contributed by atoms with van der Waals surface area (Å²) >= 11 is 0. The number of amides is 2. The van der Waals surface area contributed by atoms with Gasteiger partial charge in [0.25, 0.3) is 5.56 Å². The number of aromatic amines is 1. The molecular weight excluding hydrogens is 338 g/mol. The van der Waals surface area contributed by atoms with Crippen molar-refractivity contribution in [2.45, 2.75) is 13.0 Å². The molecule has 1 aromatic heterocycles. The molecule has 3 rings (SSSR count). The summed E-state index contributed by atoms with van der Waals surface area (Å²) in [5, 5.41) is 5.80. The van der Waals surface area contributed by atoms with E-state index in [1.54, 1.807) is 38.3 Å². The zero-order chi connectivity index (χ0) is 18.8. The maximum atomic E-state index is 12.6. The molecule has 26 heavy (non-hydrogen) atoms. The number of ether oxygens (including phenoxy) is 2. The fraction of sp³-hybridized carbons (Fsp3) is 0.278. The molecule has 2 amide bonds. The third-order valence-corrected chi connectivity index (χ3v) is 4.23. The van der Waals surface area contributed by atoms with Gasteiger partial charge in [-0.1, -0.05) is 6.58 Å². The number of fused-ring (bicyclic) bond motifs is 1. The number of aromatic nitrogens is 1. The Labute approximate surface area is 149 Å². The van der Waals surface area contributed by atoms with E-state index in [9.17, 15) is 14.4 Å². The summed E-state index contributed by atoms with van der Waals surface area (Å²) in [5.41, 5.74) is 0.630. The fourth-order valence-corrected chi connectivity index (χ4v) is 3.01. The summed E-state index contributed by atoms with van der Waals surface area (Å²) in [6.45, 7) is 5.59. The second-order valence-electron chi connectivity index (χ2n) is 5.84. The Balaban J connectivity index is 2.12. The van der Waals surface area contributed by atoms with Gasteiger partial charge in [-0.25, -0.2) is 4.79 Å². The number of H-pyrrole nitrogens is 1. The van der Waals surface area contributed by atoms with Gasteiger partial charge < -0.3 is 25.1 Å². The van der Waals surface area contributed by atoms with Crippen LogP contribution in [-0.4, -0.2) is 30.7 Å². The van der Waals surface area contributed by atoms with Gasteiger partial charge in [0, 0.05) is 22.2 Å². The highest BCUT2D eigenvalue weighted by Gasteiger charge is 2.40. The van der Waals surface area contributed by atoms with E-state index < -0.39 is 29.5 Å². The number of rotatable bonds is 4. The molecule has 1 aromatic carbocycles. The lowest BCUT2D eigenvalue weighted by Crippen LogP contribution is -2.52. The quantitative estimate of drug-likeness (QED) is 0.720.